The van der Waals surface area contributed by atoms with Gasteiger partial charge in [0, 0.05) is 29.7 Å². The van der Waals surface area contributed by atoms with E-state index in [0.29, 0.717) is 11.4 Å². The van der Waals surface area contributed by atoms with E-state index in [1.165, 1.54) is 29.2 Å². The second kappa shape index (κ2) is 8.26. The molecular weight excluding hydrogens is 388 g/mol. The highest BCUT2D eigenvalue weighted by Gasteiger charge is 2.18. The normalized spacial score (nSPS) is 11.8. The minimum atomic E-state index is -3.59. The average Bonchev–Trinajstić information content (AvgIpc) is 2.66. The molecule has 0 bridgehead atoms. The Balaban J connectivity index is 1.77. The van der Waals surface area contributed by atoms with Crippen LogP contribution in [-0.2, 0) is 16.6 Å². The molecule has 152 valence electrons. The summed E-state index contributed by atoms with van der Waals surface area (Å²) in [7, 11) is -1.92. The van der Waals surface area contributed by atoms with E-state index in [1.54, 1.807) is 20.9 Å². The molecule has 1 heterocycles. The minimum absolute atomic E-state index is 0.124. The Morgan fingerprint density at radius 1 is 1.07 bits per heavy atom. The molecule has 1 aromatic heterocycles. The van der Waals surface area contributed by atoms with Gasteiger partial charge in [0.05, 0.1) is 17.0 Å². The number of rotatable bonds is 6. The molecule has 0 saturated heterocycles. The van der Waals surface area contributed by atoms with E-state index in [0.717, 1.165) is 16.6 Å². The van der Waals surface area contributed by atoms with Gasteiger partial charge in [0.25, 0.3) is 5.91 Å². The van der Waals surface area contributed by atoms with Crippen molar-refractivity contribution < 1.29 is 13.2 Å². The van der Waals surface area contributed by atoms with Crippen LogP contribution in [0.25, 0.3) is 10.9 Å². The number of para-hydroxylation sites is 1. The molecule has 0 aliphatic carbocycles. The highest BCUT2D eigenvalue weighted by Crippen LogP contribution is 2.16. The summed E-state index contributed by atoms with van der Waals surface area (Å²) in [6, 6.07) is 13.4. The maximum Gasteiger partial charge on any atom is 0.254 e. The lowest BCUT2D eigenvalue weighted by molar-refractivity contribution is 0.0781. The second-order valence-electron chi connectivity index (χ2n) is 7.20. The molecule has 29 heavy (non-hydrogen) atoms. The molecule has 0 radical (unpaired) electrons. The molecule has 7 nitrogen and oxygen atoms in total. The Morgan fingerprint density at radius 3 is 2.38 bits per heavy atom. The molecule has 1 amide bonds. The summed E-state index contributed by atoms with van der Waals surface area (Å²) in [5, 5.41) is 0.983. The summed E-state index contributed by atoms with van der Waals surface area (Å²) < 4.78 is 26.9. The second-order valence-corrected chi connectivity index (χ2v) is 8.92. The Bertz CT molecular complexity index is 1140. The zero-order valence-electron chi connectivity index (χ0n) is 16.9. The maximum atomic E-state index is 12.7. The first-order chi connectivity index (χ1) is 13.7. The first kappa shape index (κ1) is 20.9. The van der Waals surface area contributed by atoms with E-state index in [4.69, 9.17) is 0 Å². The first-order valence-corrected chi connectivity index (χ1v) is 10.8. The van der Waals surface area contributed by atoms with Crippen molar-refractivity contribution in [2.75, 3.05) is 7.05 Å². The van der Waals surface area contributed by atoms with E-state index in [2.05, 4.69) is 14.7 Å². The van der Waals surface area contributed by atoms with Crippen LogP contribution in [0.4, 0.5) is 0 Å². The van der Waals surface area contributed by atoms with E-state index in [9.17, 15) is 13.2 Å². The molecule has 8 heteroatoms. The van der Waals surface area contributed by atoms with Crippen LogP contribution in [0.2, 0.25) is 0 Å². The van der Waals surface area contributed by atoms with Crippen molar-refractivity contribution in [3.8, 4) is 0 Å². The Labute approximate surface area is 170 Å². The van der Waals surface area contributed by atoms with Crippen LogP contribution < -0.4 is 4.72 Å². The summed E-state index contributed by atoms with van der Waals surface area (Å²) in [4.78, 5) is 23.4. The largest absolute Gasteiger partial charge is 0.334 e. The van der Waals surface area contributed by atoms with Gasteiger partial charge in [-0.25, -0.2) is 23.1 Å². The maximum absolute atomic E-state index is 12.7. The van der Waals surface area contributed by atoms with Crippen LogP contribution in [0.1, 0.15) is 35.7 Å². The summed E-state index contributed by atoms with van der Waals surface area (Å²) in [6.45, 7) is 5.67. The Hall–Kier alpha value is -2.84. The van der Waals surface area contributed by atoms with Crippen molar-refractivity contribution in [2.24, 2.45) is 0 Å². The molecule has 1 N–H and O–H groups in total. The summed E-state index contributed by atoms with van der Waals surface area (Å²) in [6.07, 6.45) is 0. The number of benzene rings is 2. The fourth-order valence-electron chi connectivity index (χ4n) is 3.02. The number of amides is 1. The lowest BCUT2D eigenvalue weighted by Gasteiger charge is -2.17. The average molecular weight is 413 g/mol. The van der Waals surface area contributed by atoms with E-state index >= 15 is 0 Å². The number of aromatic nitrogens is 2. The van der Waals surface area contributed by atoms with Crippen LogP contribution in [0.15, 0.2) is 53.4 Å². The SMILES string of the molecule is Cc1nc(CN(C)C(=O)c2ccc(S(=O)(=O)NC(C)C)cc2)nc2ccccc12. The number of nitrogens with zero attached hydrogens (tertiary/aromatic N) is 3. The lowest BCUT2D eigenvalue weighted by atomic mass is 10.2. The van der Waals surface area contributed by atoms with Gasteiger partial charge in [-0.15, -0.1) is 0 Å². The van der Waals surface area contributed by atoms with Crippen molar-refractivity contribution in [2.45, 2.75) is 38.3 Å². The molecular formula is C21H24N4O3S. The number of aryl methyl sites for hydroxylation is 1. The number of hydrogen-bond acceptors (Lipinski definition) is 5. The van der Waals surface area contributed by atoms with Gasteiger partial charge in [-0.2, -0.15) is 0 Å². The molecule has 0 atom stereocenters. The van der Waals surface area contributed by atoms with Gasteiger partial charge in [-0.05, 0) is 51.1 Å². The lowest BCUT2D eigenvalue weighted by Crippen LogP contribution is -2.30. The van der Waals surface area contributed by atoms with E-state index in [1.807, 2.05) is 31.2 Å². The van der Waals surface area contributed by atoms with Crippen LogP contribution in [0.5, 0.6) is 0 Å². The molecule has 2 aromatic carbocycles. The first-order valence-electron chi connectivity index (χ1n) is 9.27. The van der Waals surface area contributed by atoms with Gasteiger partial charge in [0.1, 0.15) is 5.82 Å². The van der Waals surface area contributed by atoms with Crippen molar-refractivity contribution in [3.05, 3.63) is 65.6 Å². The zero-order valence-corrected chi connectivity index (χ0v) is 17.7. The van der Waals surface area contributed by atoms with Crippen LogP contribution >= 0.6 is 0 Å². The van der Waals surface area contributed by atoms with Crippen molar-refractivity contribution >= 4 is 26.8 Å². The monoisotopic (exact) mass is 412 g/mol. The van der Waals surface area contributed by atoms with Gasteiger partial charge >= 0.3 is 0 Å². The van der Waals surface area contributed by atoms with Gasteiger partial charge in [-0.3, -0.25) is 4.79 Å². The fourth-order valence-corrected chi connectivity index (χ4v) is 4.28. The van der Waals surface area contributed by atoms with Gasteiger partial charge in [0.2, 0.25) is 10.0 Å². The number of fused-ring (bicyclic) bond motifs is 1. The highest BCUT2D eigenvalue weighted by atomic mass is 32.2. The minimum Gasteiger partial charge on any atom is -0.334 e. The molecule has 3 rings (SSSR count). The Kier molecular flexibility index (Phi) is 5.95. The fraction of sp³-hybridized carbons (Fsp3) is 0.286. The van der Waals surface area contributed by atoms with Crippen molar-refractivity contribution in [1.82, 2.24) is 19.6 Å². The third kappa shape index (κ3) is 4.78. The predicted molar refractivity (Wildman–Crippen MR) is 112 cm³/mol. The third-order valence-corrected chi connectivity index (χ3v) is 6.04. The predicted octanol–water partition coefficient (Wildman–Crippen LogP) is 2.90. The number of carbonyl (C=O) groups excluding carboxylic acids is 1. The van der Waals surface area contributed by atoms with Crippen LogP contribution in [0, 0.1) is 6.92 Å². The number of hydrogen-bond donors (Lipinski definition) is 1. The van der Waals surface area contributed by atoms with Crippen molar-refractivity contribution in [3.63, 3.8) is 0 Å². The van der Waals surface area contributed by atoms with Gasteiger partial charge < -0.3 is 4.90 Å². The van der Waals surface area contributed by atoms with E-state index < -0.39 is 10.0 Å². The molecule has 0 aliphatic heterocycles. The number of carbonyl (C=O) groups is 1. The van der Waals surface area contributed by atoms with Crippen LogP contribution in [-0.4, -0.2) is 42.3 Å². The zero-order chi connectivity index (χ0) is 21.2. The topological polar surface area (TPSA) is 92.3 Å². The standard InChI is InChI=1S/C21H24N4O3S/c1-14(2)24-29(27,28)17-11-9-16(10-12-17)21(26)25(4)13-20-22-15(3)18-7-5-6-8-19(18)23-20/h5-12,14,24H,13H2,1-4H3. The molecule has 0 aliphatic rings. The quantitative estimate of drug-likeness (QED) is 0.672. The number of nitrogens with one attached hydrogen (secondary N) is 1. The highest BCUT2D eigenvalue weighted by molar-refractivity contribution is 7.89. The molecule has 0 spiro atoms. The Morgan fingerprint density at radius 2 is 1.72 bits per heavy atom. The summed E-state index contributed by atoms with van der Waals surface area (Å²) in [5.74, 6) is 0.317. The smallest absolute Gasteiger partial charge is 0.254 e. The van der Waals surface area contributed by atoms with Gasteiger partial charge in [0.15, 0.2) is 0 Å². The van der Waals surface area contributed by atoms with Crippen LogP contribution in [0.3, 0.4) is 0 Å². The molecule has 0 unspecified atom stereocenters. The van der Waals surface area contributed by atoms with Crippen molar-refractivity contribution in [1.29, 1.82) is 0 Å². The summed E-state index contributed by atoms with van der Waals surface area (Å²) >= 11 is 0. The third-order valence-electron chi connectivity index (χ3n) is 4.37. The number of sulfonamides is 1. The van der Waals surface area contributed by atoms with E-state index in [-0.39, 0.29) is 23.4 Å². The summed E-state index contributed by atoms with van der Waals surface area (Å²) in [5.41, 5.74) is 2.09. The molecule has 0 fully saturated rings. The molecule has 0 saturated carbocycles. The molecule has 3 aromatic rings. The van der Waals surface area contributed by atoms with Gasteiger partial charge in [-0.1, -0.05) is 18.2 Å².